The van der Waals surface area contributed by atoms with E-state index in [4.69, 9.17) is 4.42 Å². The van der Waals surface area contributed by atoms with E-state index >= 15 is 0 Å². The molecule has 0 aliphatic carbocycles. The minimum Gasteiger partial charge on any atom is -0.467 e. The summed E-state index contributed by atoms with van der Waals surface area (Å²) >= 11 is 0. The van der Waals surface area contributed by atoms with Gasteiger partial charge in [0.25, 0.3) is 0 Å². The number of nitrogens with one attached hydrogen (secondary N) is 2. The van der Waals surface area contributed by atoms with Gasteiger partial charge in [-0.05, 0) is 35.4 Å². The number of hydrogen-bond donors (Lipinski definition) is 2. The minimum atomic E-state index is -0.407. The normalized spacial score (nSPS) is 10.7. The van der Waals surface area contributed by atoms with Crippen LogP contribution in [-0.2, 0) is 11.3 Å². The van der Waals surface area contributed by atoms with E-state index < -0.39 is 5.92 Å². The molecule has 4 aromatic rings. The molecule has 5 nitrogen and oxygen atoms in total. The number of pyridine rings is 1. The van der Waals surface area contributed by atoms with Gasteiger partial charge in [0.2, 0.25) is 5.91 Å². The molecule has 0 bridgehead atoms. The predicted octanol–water partition coefficient (Wildman–Crippen LogP) is 5.06. The first-order chi connectivity index (χ1) is 14.3. The first-order valence-electron chi connectivity index (χ1n) is 9.42. The molecule has 144 valence electrons. The van der Waals surface area contributed by atoms with Gasteiger partial charge in [-0.2, -0.15) is 0 Å². The molecule has 0 radical (unpaired) electrons. The second-order valence-corrected chi connectivity index (χ2v) is 6.61. The Morgan fingerprint density at radius 3 is 2.10 bits per heavy atom. The summed E-state index contributed by atoms with van der Waals surface area (Å²) in [5.74, 6) is 0.827. The third-order valence-corrected chi connectivity index (χ3v) is 4.59. The summed E-state index contributed by atoms with van der Waals surface area (Å²) in [4.78, 5) is 17.5. The zero-order valence-electron chi connectivity index (χ0n) is 15.8. The van der Waals surface area contributed by atoms with Crippen LogP contribution in [0.4, 0.5) is 11.5 Å². The standard InChI is InChI=1S/C24H21N3O2/c28-24(23(18-8-3-1-4-9-18)19-10-5-2-6-11-19)27-22-14-13-20(16-26-22)25-17-21-12-7-15-29-21/h1-16,23,25H,17H2,(H,26,27,28). The van der Waals surface area contributed by atoms with Crippen LogP contribution in [0.15, 0.2) is 102 Å². The Labute approximate surface area is 169 Å². The maximum absolute atomic E-state index is 13.1. The van der Waals surface area contributed by atoms with E-state index in [0.717, 1.165) is 22.6 Å². The van der Waals surface area contributed by atoms with Gasteiger partial charge in [-0.15, -0.1) is 0 Å². The summed E-state index contributed by atoms with van der Waals surface area (Å²) in [6.07, 6.45) is 3.34. The fourth-order valence-corrected chi connectivity index (χ4v) is 3.16. The molecule has 0 saturated carbocycles. The van der Waals surface area contributed by atoms with E-state index in [2.05, 4.69) is 15.6 Å². The van der Waals surface area contributed by atoms with E-state index in [1.165, 1.54) is 0 Å². The van der Waals surface area contributed by atoms with E-state index in [1.807, 2.05) is 78.9 Å². The molecular weight excluding hydrogens is 362 g/mol. The van der Waals surface area contributed by atoms with Crippen LogP contribution >= 0.6 is 0 Å². The first-order valence-corrected chi connectivity index (χ1v) is 9.42. The van der Waals surface area contributed by atoms with Crippen LogP contribution in [0.3, 0.4) is 0 Å². The molecule has 2 aromatic carbocycles. The molecular formula is C24H21N3O2. The lowest BCUT2D eigenvalue weighted by molar-refractivity contribution is -0.116. The highest BCUT2D eigenvalue weighted by molar-refractivity contribution is 5.97. The quantitative estimate of drug-likeness (QED) is 0.468. The van der Waals surface area contributed by atoms with Crippen LogP contribution in [0.25, 0.3) is 0 Å². The van der Waals surface area contributed by atoms with Crippen LogP contribution in [0.2, 0.25) is 0 Å². The number of furan rings is 1. The lowest BCUT2D eigenvalue weighted by atomic mass is 9.90. The SMILES string of the molecule is O=C(Nc1ccc(NCc2ccco2)cn1)C(c1ccccc1)c1ccccc1. The van der Waals surface area contributed by atoms with Crippen LogP contribution in [0.5, 0.6) is 0 Å². The summed E-state index contributed by atoms with van der Waals surface area (Å²) in [7, 11) is 0. The van der Waals surface area contributed by atoms with Crippen molar-refractivity contribution in [3.63, 3.8) is 0 Å². The maximum atomic E-state index is 13.1. The highest BCUT2D eigenvalue weighted by Crippen LogP contribution is 2.26. The van der Waals surface area contributed by atoms with Gasteiger partial charge in [-0.25, -0.2) is 4.98 Å². The topological polar surface area (TPSA) is 67.2 Å². The lowest BCUT2D eigenvalue weighted by Crippen LogP contribution is -2.22. The number of benzene rings is 2. The van der Waals surface area contributed by atoms with Crippen LogP contribution in [-0.4, -0.2) is 10.9 Å². The van der Waals surface area contributed by atoms with Gasteiger partial charge in [0, 0.05) is 0 Å². The molecule has 5 heteroatoms. The number of nitrogens with zero attached hydrogens (tertiary/aromatic N) is 1. The zero-order chi connectivity index (χ0) is 19.9. The van der Waals surface area contributed by atoms with Crippen molar-refractivity contribution in [2.45, 2.75) is 12.5 Å². The zero-order valence-corrected chi connectivity index (χ0v) is 15.8. The van der Waals surface area contributed by atoms with Crippen LogP contribution < -0.4 is 10.6 Å². The van der Waals surface area contributed by atoms with Gasteiger partial charge in [0.1, 0.15) is 11.6 Å². The number of hydrogen-bond acceptors (Lipinski definition) is 4. The maximum Gasteiger partial charge on any atom is 0.237 e. The number of amides is 1. The summed E-state index contributed by atoms with van der Waals surface area (Å²) in [6.45, 7) is 0.574. The number of aromatic nitrogens is 1. The van der Waals surface area contributed by atoms with E-state index in [-0.39, 0.29) is 5.91 Å². The molecule has 2 heterocycles. The predicted molar refractivity (Wildman–Crippen MR) is 114 cm³/mol. The average Bonchev–Trinajstić information content (AvgIpc) is 3.29. The molecule has 0 fully saturated rings. The van der Waals surface area contributed by atoms with Gasteiger partial charge in [-0.3, -0.25) is 4.79 Å². The fourth-order valence-electron chi connectivity index (χ4n) is 3.16. The van der Waals surface area contributed by atoms with Crippen molar-refractivity contribution in [1.82, 2.24) is 4.98 Å². The van der Waals surface area contributed by atoms with E-state index in [9.17, 15) is 4.79 Å². The first kappa shape index (κ1) is 18.5. The lowest BCUT2D eigenvalue weighted by Gasteiger charge is -2.17. The highest BCUT2D eigenvalue weighted by atomic mass is 16.3. The Bertz CT molecular complexity index is 991. The molecule has 29 heavy (non-hydrogen) atoms. The fraction of sp³-hybridized carbons (Fsp3) is 0.0833. The Kier molecular flexibility index (Phi) is 5.67. The van der Waals surface area contributed by atoms with Gasteiger partial charge >= 0.3 is 0 Å². The summed E-state index contributed by atoms with van der Waals surface area (Å²) < 4.78 is 5.30. The molecule has 0 aliphatic rings. The van der Waals surface area contributed by atoms with E-state index in [1.54, 1.807) is 18.5 Å². The Morgan fingerprint density at radius 1 is 0.862 bits per heavy atom. The number of carbonyl (C=O) groups is 1. The molecule has 0 spiro atoms. The minimum absolute atomic E-state index is 0.119. The largest absolute Gasteiger partial charge is 0.467 e. The van der Waals surface area contributed by atoms with Crippen molar-refractivity contribution in [3.8, 4) is 0 Å². The smallest absolute Gasteiger partial charge is 0.237 e. The van der Waals surface area contributed by atoms with E-state index in [0.29, 0.717) is 12.4 Å². The Hall–Kier alpha value is -3.86. The molecule has 2 aromatic heterocycles. The number of carbonyl (C=O) groups excluding carboxylic acids is 1. The molecule has 0 unspecified atom stereocenters. The van der Waals surface area contributed by atoms with Gasteiger partial charge < -0.3 is 15.1 Å². The third kappa shape index (κ3) is 4.71. The molecule has 0 saturated heterocycles. The molecule has 2 N–H and O–H groups in total. The molecule has 0 aliphatic heterocycles. The van der Waals surface area contributed by atoms with Crippen LogP contribution in [0, 0.1) is 0 Å². The van der Waals surface area contributed by atoms with Crippen molar-refractivity contribution >= 4 is 17.4 Å². The van der Waals surface area contributed by atoms with Crippen LogP contribution in [0.1, 0.15) is 22.8 Å². The second-order valence-electron chi connectivity index (χ2n) is 6.61. The van der Waals surface area contributed by atoms with Gasteiger partial charge in [0.15, 0.2) is 0 Å². The number of anilines is 2. The van der Waals surface area contributed by atoms with Crippen molar-refractivity contribution in [3.05, 3.63) is 114 Å². The third-order valence-electron chi connectivity index (χ3n) is 4.59. The second kappa shape index (κ2) is 8.89. The van der Waals surface area contributed by atoms with Crippen molar-refractivity contribution in [2.75, 3.05) is 10.6 Å². The average molecular weight is 383 g/mol. The molecule has 4 rings (SSSR count). The number of rotatable bonds is 7. The molecule has 0 atom stereocenters. The van der Waals surface area contributed by atoms with Crippen molar-refractivity contribution < 1.29 is 9.21 Å². The van der Waals surface area contributed by atoms with Crippen molar-refractivity contribution in [1.29, 1.82) is 0 Å². The molecule has 1 amide bonds. The summed E-state index contributed by atoms with van der Waals surface area (Å²) in [5, 5.41) is 6.17. The summed E-state index contributed by atoms with van der Waals surface area (Å²) in [5.41, 5.74) is 2.72. The van der Waals surface area contributed by atoms with Crippen molar-refractivity contribution in [2.24, 2.45) is 0 Å². The highest BCUT2D eigenvalue weighted by Gasteiger charge is 2.22. The monoisotopic (exact) mass is 383 g/mol. The van der Waals surface area contributed by atoms with Gasteiger partial charge in [-0.1, -0.05) is 60.7 Å². The Balaban J connectivity index is 1.47. The van der Waals surface area contributed by atoms with Gasteiger partial charge in [0.05, 0.1) is 30.6 Å². The Morgan fingerprint density at radius 2 is 1.55 bits per heavy atom. The summed E-state index contributed by atoms with van der Waals surface area (Å²) in [6, 6.07) is 26.9.